The quantitative estimate of drug-likeness (QED) is 0.671. The summed E-state index contributed by atoms with van der Waals surface area (Å²) >= 11 is 0. The van der Waals surface area contributed by atoms with E-state index in [0.29, 0.717) is 17.0 Å². The monoisotopic (exact) mass is 214 g/mol. The Morgan fingerprint density at radius 3 is 2.64 bits per heavy atom. The van der Waals surface area contributed by atoms with E-state index in [2.05, 4.69) is 6.92 Å². The van der Waals surface area contributed by atoms with Crippen LogP contribution >= 0.6 is 0 Å². The molecule has 0 aromatic heterocycles. The predicted molar refractivity (Wildman–Crippen MR) is 56.6 cm³/mol. The van der Waals surface area contributed by atoms with E-state index in [4.69, 9.17) is 4.74 Å². The maximum atomic E-state index is 10.9. The van der Waals surface area contributed by atoms with Crippen molar-refractivity contribution in [3.63, 3.8) is 0 Å². The van der Waals surface area contributed by atoms with E-state index in [1.54, 1.807) is 6.08 Å². The van der Waals surface area contributed by atoms with E-state index < -0.39 is 10.3 Å². The van der Waals surface area contributed by atoms with Gasteiger partial charge in [-0.2, -0.15) is 8.42 Å². The summed E-state index contributed by atoms with van der Waals surface area (Å²) in [5.41, 5.74) is 1.15. The molecule has 78 valence electrons. The Labute approximate surface area is 85.6 Å². The molecule has 0 saturated carbocycles. The number of ether oxygens (including phenoxy) is 1. The summed E-state index contributed by atoms with van der Waals surface area (Å²) in [7, 11) is -0.690. The van der Waals surface area contributed by atoms with E-state index in [1.807, 2.05) is 6.08 Å². The van der Waals surface area contributed by atoms with Crippen LogP contribution < -0.4 is 0 Å². The largest absolute Gasteiger partial charge is 0.495 e. The van der Waals surface area contributed by atoms with Crippen molar-refractivity contribution < 1.29 is 13.2 Å². The average Bonchev–Trinajstić information content (AvgIpc) is 2.18. The second-order valence-electron chi connectivity index (χ2n) is 3.14. The Balaban J connectivity index is 3.01. The normalized spacial score (nSPS) is 16.0. The lowest BCUT2D eigenvalue weighted by Crippen LogP contribution is -2.11. The Morgan fingerprint density at radius 2 is 2.14 bits per heavy atom. The molecule has 0 aliphatic heterocycles. The maximum Gasteiger partial charge on any atom is 0.221 e. The molecule has 0 saturated heterocycles. The Hall–Kier alpha value is -1.03. The van der Waals surface area contributed by atoms with Gasteiger partial charge in [-0.15, -0.1) is 0 Å². The average molecular weight is 214 g/mol. The SMILES string of the molecule is CCCC1=CC=C(OC)C(=S(=O)=O)C1. The first-order chi connectivity index (χ1) is 6.69. The van der Waals surface area contributed by atoms with Crippen molar-refractivity contribution in [3.8, 4) is 0 Å². The van der Waals surface area contributed by atoms with E-state index in [0.717, 1.165) is 18.4 Å². The molecule has 14 heavy (non-hydrogen) atoms. The summed E-state index contributed by atoms with van der Waals surface area (Å²) in [4.78, 5) is 0.360. The fourth-order valence-corrected chi connectivity index (χ4v) is 2.07. The molecule has 0 aromatic carbocycles. The van der Waals surface area contributed by atoms with Crippen LogP contribution in [0, 0.1) is 0 Å². The predicted octanol–water partition coefficient (Wildman–Crippen LogP) is 1.70. The maximum absolute atomic E-state index is 10.9. The zero-order valence-corrected chi connectivity index (χ0v) is 9.23. The van der Waals surface area contributed by atoms with Gasteiger partial charge in [-0.05, 0) is 12.5 Å². The van der Waals surface area contributed by atoms with Crippen molar-refractivity contribution in [3.05, 3.63) is 23.5 Å². The Kier molecular flexibility index (Phi) is 3.95. The van der Waals surface area contributed by atoms with Crippen LogP contribution in [0.25, 0.3) is 0 Å². The lowest BCUT2D eigenvalue weighted by molar-refractivity contribution is 0.314. The van der Waals surface area contributed by atoms with Gasteiger partial charge < -0.3 is 4.74 Å². The highest BCUT2D eigenvalue weighted by molar-refractivity contribution is 7.73. The Morgan fingerprint density at radius 1 is 1.43 bits per heavy atom. The highest BCUT2D eigenvalue weighted by atomic mass is 32.2. The van der Waals surface area contributed by atoms with E-state index >= 15 is 0 Å². The summed E-state index contributed by atoms with van der Waals surface area (Å²) in [6.45, 7) is 2.07. The fourth-order valence-electron chi connectivity index (χ4n) is 1.45. The number of hydrogen-bond donors (Lipinski definition) is 0. The minimum absolute atomic E-state index is 0.360. The summed E-state index contributed by atoms with van der Waals surface area (Å²) in [5.74, 6) is 0.457. The van der Waals surface area contributed by atoms with Crippen LogP contribution in [0.1, 0.15) is 26.2 Å². The molecule has 0 heterocycles. The molecule has 0 aromatic rings. The van der Waals surface area contributed by atoms with Gasteiger partial charge in [0.1, 0.15) is 10.6 Å². The van der Waals surface area contributed by atoms with Crippen LogP contribution in [0.4, 0.5) is 0 Å². The van der Waals surface area contributed by atoms with Gasteiger partial charge in [0.05, 0.1) is 7.11 Å². The van der Waals surface area contributed by atoms with Crippen LogP contribution in [0.3, 0.4) is 0 Å². The van der Waals surface area contributed by atoms with Crippen molar-refractivity contribution in [1.82, 2.24) is 0 Å². The van der Waals surface area contributed by atoms with Crippen molar-refractivity contribution in [1.29, 1.82) is 0 Å². The van der Waals surface area contributed by atoms with Crippen LogP contribution in [0.15, 0.2) is 23.5 Å². The topological polar surface area (TPSA) is 43.4 Å². The third-order valence-electron chi connectivity index (χ3n) is 2.13. The zero-order chi connectivity index (χ0) is 10.6. The van der Waals surface area contributed by atoms with Crippen LogP contribution in [0.5, 0.6) is 0 Å². The van der Waals surface area contributed by atoms with Gasteiger partial charge in [0.2, 0.25) is 10.3 Å². The molecule has 0 bridgehead atoms. The van der Waals surface area contributed by atoms with E-state index in [9.17, 15) is 8.42 Å². The van der Waals surface area contributed by atoms with Gasteiger partial charge in [0.25, 0.3) is 0 Å². The first-order valence-electron chi connectivity index (χ1n) is 4.58. The fraction of sp³-hybridized carbons (Fsp3) is 0.500. The molecule has 4 heteroatoms. The molecule has 1 aliphatic rings. The number of allylic oxidation sites excluding steroid dienone is 4. The number of methoxy groups -OCH3 is 1. The molecule has 0 amide bonds. The second-order valence-corrected chi connectivity index (χ2v) is 4.11. The molecule has 0 spiro atoms. The molecule has 1 aliphatic carbocycles. The third-order valence-corrected chi connectivity index (χ3v) is 2.87. The van der Waals surface area contributed by atoms with Gasteiger partial charge in [0, 0.05) is 6.42 Å². The van der Waals surface area contributed by atoms with Gasteiger partial charge in [-0.1, -0.05) is 25.0 Å². The molecule has 3 nitrogen and oxygen atoms in total. The standard InChI is InChI=1S/C10H14O3S/c1-3-4-8-5-6-9(13-2)10(7-8)14(11)12/h5-6H,3-4,7H2,1-2H3. The van der Waals surface area contributed by atoms with Crippen LogP contribution in [-0.2, 0) is 15.0 Å². The lowest BCUT2D eigenvalue weighted by Gasteiger charge is -2.13. The zero-order valence-electron chi connectivity index (χ0n) is 8.41. The Bertz CT molecular complexity index is 391. The highest BCUT2D eigenvalue weighted by Gasteiger charge is 2.15. The van der Waals surface area contributed by atoms with Gasteiger partial charge >= 0.3 is 0 Å². The van der Waals surface area contributed by atoms with Gasteiger partial charge in [-0.3, -0.25) is 0 Å². The second kappa shape index (κ2) is 5.00. The van der Waals surface area contributed by atoms with Crippen molar-refractivity contribution in [2.75, 3.05) is 7.11 Å². The molecule has 0 atom stereocenters. The molecule has 0 unspecified atom stereocenters. The van der Waals surface area contributed by atoms with Crippen molar-refractivity contribution in [2.24, 2.45) is 0 Å². The van der Waals surface area contributed by atoms with E-state index in [1.165, 1.54) is 7.11 Å². The molecule has 1 rings (SSSR count). The van der Waals surface area contributed by atoms with Crippen LogP contribution in [0.2, 0.25) is 0 Å². The number of hydrogen-bond acceptors (Lipinski definition) is 3. The number of rotatable bonds is 3. The summed E-state index contributed by atoms with van der Waals surface area (Å²) < 4.78 is 26.8. The van der Waals surface area contributed by atoms with Gasteiger partial charge in [0.15, 0.2) is 0 Å². The van der Waals surface area contributed by atoms with Gasteiger partial charge in [-0.25, -0.2) is 0 Å². The lowest BCUT2D eigenvalue weighted by atomic mass is 10.00. The molecular formula is C10H14O3S. The third kappa shape index (κ3) is 2.48. The highest BCUT2D eigenvalue weighted by Crippen LogP contribution is 2.19. The smallest absolute Gasteiger partial charge is 0.221 e. The van der Waals surface area contributed by atoms with Crippen LogP contribution in [-0.4, -0.2) is 20.4 Å². The van der Waals surface area contributed by atoms with Crippen molar-refractivity contribution >= 4 is 15.2 Å². The summed E-state index contributed by atoms with van der Waals surface area (Å²) in [6.07, 6.45) is 6.12. The minimum Gasteiger partial charge on any atom is -0.495 e. The van der Waals surface area contributed by atoms with Crippen molar-refractivity contribution in [2.45, 2.75) is 26.2 Å². The molecule has 0 radical (unpaired) electrons. The molecule has 0 N–H and O–H groups in total. The first kappa shape index (κ1) is 11.0. The molecular weight excluding hydrogens is 200 g/mol. The summed E-state index contributed by atoms with van der Waals surface area (Å²) in [5, 5.41) is 0. The van der Waals surface area contributed by atoms with E-state index in [-0.39, 0.29) is 0 Å². The molecule has 0 fully saturated rings. The first-order valence-corrected chi connectivity index (χ1v) is 5.65. The summed E-state index contributed by atoms with van der Waals surface area (Å²) in [6, 6.07) is 0. The minimum atomic E-state index is -2.17.